The number of aromatic nitrogens is 4. The summed E-state index contributed by atoms with van der Waals surface area (Å²) in [5.41, 5.74) is 2.49. The molecule has 0 amide bonds. The molecule has 7 nitrogen and oxygen atoms in total. The van der Waals surface area contributed by atoms with Crippen LogP contribution in [0.2, 0.25) is 0 Å². The van der Waals surface area contributed by atoms with Gasteiger partial charge in [0, 0.05) is 34.5 Å². The monoisotopic (exact) mass is 453 g/mol. The molecule has 1 atom stereocenters. The maximum Gasteiger partial charge on any atom is 0.280 e. The van der Waals surface area contributed by atoms with Crippen molar-refractivity contribution >= 4 is 11.5 Å². The minimum atomic E-state index is -2.77. The Morgan fingerprint density at radius 1 is 1.09 bits per heavy atom. The van der Waals surface area contributed by atoms with Gasteiger partial charge in [0.2, 0.25) is 0 Å². The molecule has 0 unspecified atom stereocenters. The SMILES string of the molecule is Cc1ccc(-c2cc3c(n4cnnc24)NCc2c(F)ccc4c2[C@@H](CO4)CO3)c(C(F)F)n1. The molecule has 10 heteroatoms. The molecule has 0 saturated carbocycles. The summed E-state index contributed by atoms with van der Waals surface area (Å²) in [6.07, 6.45) is -1.30. The predicted octanol–water partition coefficient (Wildman–Crippen LogP) is 4.66. The van der Waals surface area contributed by atoms with Crippen molar-refractivity contribution in [3.8, 4) is 22.6 Å². The zero-order chi connectivity index (χ0) is 22.7. The van der Waals surface area contributed by atoms with Gasteiger partial charge in [0.15, 0.2) is 17.2 Å². The molecule has 6 rings (SSSR count). The normalized spacial score (nSPS) is 16.8. The summed E-state index contributed by atoms with van der Waals surface area (Å²) in [6, 6.07) is 7.96. The fourth-order valence-electron chi connectivity index (χ4n) is 4.55. The number of halogens is 3. The number of hydrogen-bond donors (Lipinski definition) is 1. The quantitative estimate of drug-likeness (QED) is 0.476. The van der Waals surface area contributed by atoms with E-state index in [0.29, 0.717) is 46.4 Å². The van der Waals surface area contributed by atoms with E-state index in [0.717, 1.165) is 5.56 Å². The van der Waals surface area contributed by atoms with Gasteiger partial charge in [-0.25, -0.2) is 13.2 Å². The maximum atomic E-state index is 14.7. The zero-order valence-corrected chi connectivity index (χ0v) is 17.5. The minimum absolute atomic E-state index is 0.156. The Bertz CT molecular complexity index is 1400. The van der Waals surface area contributed by atoms with E-state index in [-0.39, 0.29) is 36.1 Å². The average Bonchev–Trinajstić information content (AvgIpc) is 3.45. The Morgan fingerprint density at radius 3 is 2.73 bits per heavy atom. The highest BCUT2D eigenvalue weighted by molar-refractivity contribution is 5.83. The van der Waals surface area contributed by atoms with Crippen molar-refractivity contribution in [2.75, 3.05) is 18.5 Å². The Hall–Kier alpha value is -3.82. The molecule has 2 aliphatic heterocycles. The topological polar surface area (TPSA) is 73.6 Å². The average molecular weight is 453 g/mol. The van der Waals surface area contributed by atoms with E-state index in [1.54, 1.807) is 35.6 Å². The molecule has 168 valence electrons. The van der Waals surface area contributed by atoms with Crippen LogP contribution in [0.1, 0.15) is 34.9 Å². The van der Waals surface area contributed by atoms with Crippen LogP contribution in [0.5, 0.6) is 11.5 Å². The number of benzene rings is 1. The lowest BCUT2D eigenvalue weighted by Crippen LogP contribution is -2.13. The number of anilines is 1. The largest absolute Gasteiger partial charge is 0.493 e. The Morgan fingerprint density at radius 2 is 1.91 bits per heavy atom. The first-order valence-corrected chi connectivity index (χ1v) is 10.4. The molecule has 0 saturated heterocycles. The standard InChI is InChI=1S/C23H18F3N5O2/c1-11-2-3-13(20(29-11)21(25)26)14-6-18-23(31-10-28-30-22(14)31)27-7-15-16(24)4-5-17-19(15)12(8-32-17)9-33-18/h2-6,10,12,21,27H,7-9H2,1H3/t12-/m0/s1. The number of alkyl halides is 2. The van der Waals surface area contributed by atoms with E-state index >= 15 is 0 Å². The number of ether oxygens (including phenoxy) is 2. The number of fused-ring (bicyclic) bond motifs is 3. The van der Waals surface area contributed by atoms with Crippen LogP contribution < -0.4 is 14.8 Å². The number of rotatable bonds is 2. The summed E-state index contributed by atoms with van der Waals surface area (Å²) >= 11 is 0. The van der Waals surface area contributed by atoms with Crippen LogP contribution in [0, 0.1) is 12.7 Å². The Kier molecular flexibility index (Phi) is 4.42. The highest BCUT2D eigenvalue weighted by Crippen LogP contribution is 2.42. The van der Waals surface area contributed by atoms with E-state index in [1.807, 2.05) is 0 Å². The first kappa shape index (κ1) is 19.8. The van der Waals surface area contributed by atoms with E-state index in [9.17, 15) is 13.2 Å². The third-order valence-corrected chi connectivity index (χ3v) is 6.08. The van der Waals surface area contributed by atoms with Crippen LogP contribution in [0.25, 0.3) is 16.8 Å². The van der Waals surface area contributed by atoms with Crippen LogP contribution in [0.4, 0.5) is 19.0 Å². The summed E-state index contributed by atoms with van der Waals surface area (Å²) in [4.78, 5) is 4.05. The molecule has 4 aromatic rings. The molecule has 1 aromatic carbocycles. The second kappa shape index (κ2) is 7.36. The summed E-state index contributed by atoms with van der Waals surface area (Å²) in [5, 5.41) is 11.4. The van der Waals surface area contributed by atoms with Crippen LogP contribution in [0.15, 0.2) is 36.7 Å². The number of nitrogens with one attached hydrogen (secondary N) is 1. The smallest absolute Gasteiger partial charge is 0.280 e. The van der Waals surface area contributed by atoms with Gasteiger partial charge in [0.25, 0.3) is 6.43 Å². The summed E-state index contributed by atoms with van der Waals surface area (Å²) in [5.74, 6) is 1.09. The summed E-state index contributed by atoms with van der Waals surface area (Å²) in [7, 11) is 0. The van der Waals surface area contributed by atoms with E-state index in [2.05, 4.69) is 20.5 Å². The molecular weight excluding hydrogens is 435 g/mol. The highest BCUT2D eigenvalue weighted by atomic mass is 19.3. The maximum absolute atomic E-state index is 14.7. The number of aryl methyl sites for hydroxylation is 1. The molecule has 0 fully saturated rings. The van der Waals surface area contributed by atoms with Crippen molar-refractivity contribution in [3.63, 3.8) is 0 Å². The van der Waals surface area contributed by atoms with Crippen molar-refractivity contribution in [3.05, 3.63) is 65.0 Å². The van der Waals surface area contributed by atoms with Gasteiger partial charge in [-0.2, -0.15) is 0 Å². The van der Waals surface area contributed by atoms with E-state index in [1.165, 1.54) is 12.4 Å². The lowest BCUT2D eigenvalue weighted by Gasteiger charge is -2.17. The van der Waals surface area contributed by atoms with Crippen LogP contribution in [-0.4, -0.2) is 32.8 Å². The first-order valence-electron chi connectivity index (χ1n) is 10.4. The Balaban J connectivity index is 1.53. The molecule has 3 aromatic heterocycles. The van der Waals surface area contributed by atoms with Gasteiger partial charge in [-0.1, -0.05) is 6.07 Å². The third-order valence-electron chi connectivity index (χ3n) is 6.08. The lowest BCUT2D eigenvalue weighted by molar-refractivity contribution is 0.146. The van der Waals surface area contributed by atoms with Crippen molar-refractivity contribution in [2.45, 2.75) is 25.8 Å². The molecular formula is C23H18F3N5O2. The van der Waals surface area contributed by atoms with Crippen molar-refractivity contribution in [2.24, 2.45) is 0 Å². The second-order valence-corrected chi connectivity index (χ2v) is 8.09. The van der Waals surface area contributed by atoms with Gasteiger partial charge in [0.1, 0.15) is 23.6 Å². The van der Waals surface area contributed by atoms with E-state index in [4.69, 9.17) is 9.47 Å². The summed E-state index contributed by atoms with van der Waals surface area (Å²) in [6.45, 7) is 2.46. The van der Waals surface area contributed by atoms with Gasteiger partial charge in [-0.05, 0) is 31.2 Å². The van der Waals surface area contributed by atoms with Crippen LogP contribution >= 0.6 is 0 Å². The van der Waals surface area contributed by atoms with Crippen molar-refractivity contribution < 1.29 is 22.6 Å². The molecule has 0 radical (unpaired) electrons. The fraction of sp³-hybridized carbons (Fsp3) is 0.261. The van der Waals surface area contributed by atoms with Gasteiger partial charge < -0.3 is 14.8 Å². The van der Waals surface area contributed by atoms with Crippen LogP contribution in [0.3, 0.4) is 0 Å². The van der Waals surface area contributed by atoms with Gasteiger partial charge >= 0.3 is 0 Å². The van der Waals surface area contributed by atoms with Crippen LogP contribution in [-0.2, 0) is 6.54 Å². The molecule has 0 bridgehead atoms. The second-order valence-electron chi connectivity index (χ2n) is 8.09. The summed E-state index contributed by atoms with van der Waals surface area (Å²) < 4.78 is 55.9. The predicted molar refractivity (Wildman–Crippen MR) is 113 cm³/mol. The van der Waals surface area contributed by atoms with Gasteiger partial charge in [0.05, 0.1) is 19.1 Å². The number of hydrogen-bond acceptors (Lipinski definition) is 6. The molecule has 0 spiro atoms. The molecule has 5 heterocycles. The third kappa shape index (κ3) is 3.08. The molecule has 1 N–H and O–H groups in total. The van der Waals surface area contributed by atoms with Crippen molar-refractivity contribution in [1.29, 1.82) is 0 Å². The molecule has 33 heavy (non-hydrogen) atoms. The van der Waals surface area contributed by atoms with Gasteiger partial charge in [-0.3, -0.25) is 9.38 Å². The molecule has 0 aliphatic carbocycles. The van der Waals surface area contributed by atoms with Gasteiger partial charge in [-0.15, -0.1) is 10.2 Å². The first-order chi connectivity index (χ1) is 16.0. The molecule has 2 aliphatic rings. The van der Waals surface area contributed by atoms with Crippen molar-refractivity contribution in [1.82, 2.24) is 19.6 Å². The zero-order valence-electron chi connectivity index (χ0n) is 17.5. The highest BCUT2D eigenvalue weighted by Gasteiger charge is 2.32. The minimum Gasteiger partial charge on any atom is -0.493 e. The lowest BCUT2D eigenvalue weighted by atomic mass is 9.96. The number of pyridine rings is 2. The Labute approximate surface area is 186 Å². The number of nitrogens with zero attached hydrogens (tertiary/aromatic N) is 4. The van der Waals surface area contributed by atoms with E-state index < -0.39 is 6.43 Å². The fourth-order valence-corrected chi connectivity index (χ4v) is 4.55.